The Morgan fingerprint density at radius 1 is 0.929 bits per heavy atom. The standard InChI is InChI=1S/C22H12Cl2O4/c23-17-9-6-13(10-18(17)24)11-20-21(25)16-8-7-15(12-19(16)28-20)27-22(26)14-4-2-1-3-5-14/h1-12H/b20-11-. The molecule has 3 aromatic rings. The minimum atomic E-state index is -0.489. The van der Waals surface area contributed by atoms with Crippen LogP contribution in [0.2, 0.25) is 10.0 Å². The molecule has 6 heteroatoms. The molecule has 3 aromatic carbocycles. The molecule has 4 rings (SSSR count). The number of esters is 1. The molecule has 0 atom stereocenters. The summed E-state index contributed by atoms with van der Waals surface area (Å²) in [6.45, 7) is 0. The Balaban J connectivity index is 1.56. The lowest BCUT2D eigenvalue weighted by Crippen LogP contribution is -2.08. The third-order valence-electron chi connectivity index (χ3n) is 4.10. The van der Waals surface area contributed by atoms with E-state index in [2.05, 4.69) is 0 Å². The normalized spacial score (nSPS) is 13.9. The summed E-state index contributed by atoms with van der Waals surface area (Å²) in [6, 6.07) is 18.3. The highest BCUT2D eigenvalue weighted by molar-refractivity contribution is 6.42. The Hall–Kier alpha value is -3.08. The average Bonchev–Trinajstić information content (AvgIpc) is 3.00. The number of carbonyl (C=O) groups excluding carboxylic acids is 2. The lowest BCUT2D eigenvalue weighted by Gasteiger charge is -2.05. The Morgan fingerprint density at radius 2 is 1.71 bits per heavy atom. The SMILES string of the molecule is O=C(Oc1ccc2c(c1)O/C(=C\c1ccc(Cl)c(Cl)c1)C2=O)c1ccccc1. The predicted molar refractivity (Wildman–Crippen MR) is 107 cm³/mol. The zero-order valence-electron chi connectivity index (χ0n) is 14.3. The number of halogens is 2. The fourth-order valence-corrected chi connectivity index (χ4v) is 3.03. The number of ketones is 1. The summed E-state index contributed by atoms with van der Waals surface area (Å²) >= 11 is 11.9. The molecule has 28 heavy (non-hydrogen) atoms. The number of benzene rings is 3. The first-order chi connectivity index (χ1) is 13.5. The van der Waals surface area contributed by atoms with Gasteiger partial charge in [-0.05, 0) is 48.0 Å². The number of rotatable bonds is 3. The van der Waals surface area contributed by atoms with Gasteiger partial charge >= 0.3 is 5.97 Å². The topological polar surface area (TPSA) is 52.6 Å². The number of hydrogen-bond donors (Lipinski definition) is 0. The summed E-state index contributed by atoms with van der Waals surface area (Å²) in [7, 11) is 0. The van der Waals surface area contributed by atoms with Crippen molar-refractivity contribution < 1.29 is 19.1 Å². The fourth-order valence-electron chi connectivity index (χ4n) is 2.72. The van der Waals surface area contributed by atoms with E-state index in [1.54, 1.807) is 60.7 Å². The maximum atomic E-state index is 12.5. The van der Waals surface area contributed by atoms with Crippen LogP contribution in [0.1, 0.15) is 26.3 Å². The number of fused-ring (bicyclic) bond motifs is 1. The highest BCUT2D eigenvalue weighted by Gasteiger charge is 2.28. The van der Waals surface area contributed by atoms with Crippen molar-refractivity contribution in [3.63, 3.8) is 0 Å². The van der Waals surface area contributed by atoms with Crippen LogP contribution < -0.4 is 9.47 Å². The maximum Gasteiger partial charge on any atom is 0.343 e. The molecule has 0 amide bonds. The van der Waals surface area contributed by atoms with Gasteiger partial charge in [-0.2, -0.15) is 0 Å². The van der Waals surface area contributed by atoms with Crippen molar-refractivity contribution in [2.45, 2.75) is 0 Å². The summed E-state index contributed by atoms with van der Waals surface area (Å²) in [6.07, 6.45) is 1.58. The summed E-state index contributed by atoms with van der Waals surface area (Å²) in [5.74, 6) is 0.0178. The van der Waals surface area contributed by atoms with E-state index < -0.39 is 5.97 Å². The molecule has 0 saturated carbocycles. The van der Waals surface area contributed by atoms with Crippen molar-refractivity contribution in [1.82, 2.24) is 0 Å². The van der Waals surface area contributed by atoms with E-state index >= 15 is 0 Å². The van der Waals surface area contributed by atoms with Gasteiger partial charge in [0.1, 0.15) is 11.5 Å². The van der Waals surface area contributed by atoms with Crippen LogP contribution in [0.4, 0.5) is 0 Å². The Bertz CT molecular complexity index is 1120. The van der Waals surface area contributed by atoms with Crippen molar-refractivity contribution in [3.8, 4) is 11.5 Å². The van der Waals surface area contributed by atoms with Crippen molar-refractivity contribution in [1.29, 1.82) is 0 Å². The lowest BCUT2D eigenvalue weighted by atomic mass is 10.1. The van der Waals surface area contributed by atoms with E-state index in [1.165, 1.54) is 6.07 Å². The maximum absolute atomic E-state index is 12.5. The second-order valence-corrected chi connectivity index (χ2v) is 6.84. The molecule has 0 spiro atoms. The van der Waals surface area contributed by atoms with E-state index in [-0.39, 0.29) is 17.3 Å². The molecular weight excluding hydrogens is 399 g/mol. The quantitative estimate of drug-likeness (QED) is 0.309. The van der Waals surface area contributed by atoms with Gasteiger partial charge in [0, 0.05) is 6.07 Å². The summed E-state index contributed by atoms with van der Waals surface area (Å²) in [5.41, 5.74) is 1.51. The van der Waals surface area contributed by atoms with Crippen molar-refractivity contribution in [2.75, 3.05) is 0 Å². The second kappa shape index (κ2) is 7.50. The summed E-state index contributed by atoms with van der Waals surface area (Å²) < 4.78 is 11.0. The minimum absolute atomic E-state index is 0.153. The van der Waals surface area contributed by atoms with Gasteiger partial charge in [0.25, 0.3) is 0 Å². The molecule has 0 fully saturated rings. The third kappa shape index (κ3) is 3.65. The van der Waals surface area contributed by atoms with Gasteiger partial charge in [0.2, 0.25) is 5.78 Å². The number of ether oxygens (including phenoxy) is 2. The van der Waals surface area contributed by atoms with Gasteiger partial charge in [0.15, 0.2) is 5.76 Å². The Morgan fingerprint density at radius 3 is 2.46 bits per heavy atom. The first-order valence-corrected chi connectivity index (χ1v) is 9.07. The average molecular weight is 411 g/mol. The zero-order chi connectivity index (χ0) is 19.7. The fraction of sp³-hybridized carbons (Fsp3) is 0. The summed E-state index contributed by atoms with van der Waals surface area (Å²) in [4.78, 5) is 24.7. The van der Waals surface area contributed by atoms with Crippen LogP contribution in [0.25, 0.3) is 6.08 Å². The smallest absolute Gasteiger partial charge is 0.343 e. The molecule has 0 aliphatic carbocycles. The van der Waals surface area contributed by atoms with Crippen molar-refractivity contribution >= 4 is 41.0 Å². The molecular formula is C22H12Cl2O4. The van der Waals surface area contributed by atoms with Crippen LogP contribution in [0.15, 0.2) is 72.5 Å². The van der Waals surface area contributed by atoms with Gasteiger partial charge in [0.05, 0.1) is 21.2 Å². The highest BCUT2D eigenvalue weighted by Crippen LogP contribution is 2.35. The van der Waals surface area contributed by atoms with Gasteiger partial charge in [-0.3, -0.25) is 4.79 Å². The number of Topliss-reactive ketones (excluding diaryl/α,β-unsaturated/α-hetero) is 1. The first-order valence-electron chi connectivity index (χ1n) is 8.32. The molecule has 1 aliphatic heterocycles. The van der Waals surface area contributed by atoms with Gasteiger partial charge in [-0.15, -0.1) is 0 Å². The number of hydrogen-bond acceptors (Lipinski definition) is 4. The molecule has 4 nitrogen and oxygen atoms in total. The molecule has 1 heterocycles. The van der Waals surface area contributed by atoms with Gasteiger partial charge < -0.3 is 9.47 Å². The lowest BCUT2D eigenvalue weighted by molar-refractivity contribution is 0.0734. The van der Waals surface area contributed by atoms with Crippen LogP contribution in [-0.2, 0) is 0 Å². The van der Waals surface area contributed by atoms with Gasteiger partial charge in [-0.25, -0.2) is 4.79 Å². The van der Waals surface area contributed by atoms with Crippen LogP contribution in [0.3, 0.4) is 0 Å². The highest BCUT2D eigenvalue weighted by atomic mass is 35.5. The predicted octanol–water partition coefficient (Wildman–Crippen LogP) is 5.83. The second-order valence-electron chi connectivity index (χ2n) is 6.03. The van der Waals surface area contributed by atoms with E-state index in [0.29, 0.717) is 32.5 Å². The zero-order valence-corrected chi connectivity index (χ0v) is 15.8. The van der Waals surface area contributed by atoms with Crippen LogP contribution in [0, 0.1) is 0 Å². The summed E-state index contributed by atoms with van der Waals surface area (Å²) in [5, 5.41) is 0.810. The molecule has 0 unspecified atom stereocenters. The van der Waals surface area contributed by atoms with Crippen molar-refractivity contribution in [3.05, 3.63) is 99.2 Å². The molecule has 1 aliphatic rings. The van der Waals surface area contributed by atoms with Gasteiger partial charge in [-0.1, -0.05) is 47.5 Å². The van der Waals surface area contributed by atoms with Crippen LogP contribution in [0.5, 0.6) is 11.5 Å². The minimum Gasteiger partial charge on any atom is -0.452 e. The largest absolute Gasteiger partial charge is 0.452 e. The molecule has 0 bridgehead atoms. The molecule has 0 radical (unpaired) electrons. The molecule has 0 aromatic heterocycles. The molecule has 138 valence electrons. The van der Waals surface area contributed by atoms with E-state index in [0.717, 1.165) is 0 Å². The molecule has 0 saturated heterocycles. The Labute approximate surface area is 170 Å². The number of allylic oxidation sites excluding steroid dienone is 1. The third-order valence-corrected chi connectivity index (χ3v) is 4.84. The van der Waals surface area contributed by atoms with E-state index in [1.807, 2.05) is 6.07 Å². The van der Waals surface area contributed by atoms with E-state index in [4.69, 9.17) is 32.7 Å². The molecule has 0 N–H and O–H groups in total. The van der Waals surface area contributed by atoms with Crippen LogP contribution in [-0.4, -0.2) is 11.8 Å². The Kier molecular flexibility index (Phi) is 4.90. The van der Waals surface area contributed by atoms with E-state index in [9.17, 15) is 9.59 Å². The first kappa shape index (κ1) is 18.3. The monoisotopic (exact) mass is 410 g/mol. The van der Waals surface area contributed by atoms with Crippen molar-refractivity contribution in [2.24, 2.45) is 0 Å². The number of carbonyl (C=O) groups is 2. The van der Waals surface area contributed by atoms with Crippen LogP contribution >= 0.6 is 23.2 Å².